The SMILES string of the molecule is c1ccc(Cn2cc(CN3CC(C4CCOCC4)C3)cn2)cc1. The second-order valence-electron chi connectivity index (χ2n) is 6.94. The van der Waals surface area contributed by atoms with Crippen molar-refractivity contribution < 1.29 is 4.74 Å². The van der Waals surface area contributed by atoms with Crippen LogP contribution in [0.2, 0.25) is 0 Å². The van der Waals surface area contributed by atoms with E-state index in [9.17, 15) is 0 Å². The standard InChI is InChI=1S/C19H25N3O/c1-2-4-16(5-3-1)12-22-13-17(10-20-22)11-21-14-19(15-21)18-6-8-23-9-7-18/h1-5,10,13,18-19H,6-9,11-12,14-15H2. The lowest BCUT2D eigenvalue weighted by Crippen LogP contribution is -2.50. The number of aromatic nitrogens is 2. The molecule has 0 radical (unpaired) electrons. The van der Waals surface area contributed by atoms with Crippen LogP contribution in [0, 0.1) is 11.8 Å². The van der Waals surface area contributed by atoms with E-state index < -0.39 is 0 Å². The topological polar surface area (TPSA) is 30.3 Å². The minimum absolute atomic E-state index is 0.853. The van der Waals surface area contributed by atoms with Crippen molar-refractivity contribution in [1.82, 2.24) is 14.7 Å². The highest BCUT2D eigenvalue weighted by Crippen LogP contribution is 2.31. The van der Waals surface area contributed by atoms with Gasteiger partial charge >= 0.3 is 0 Å². The highest BCUT2D eigenvalue weighted by atomic mass is 16.5. The highest BCUT2D eigenvalue weighted by Gasteiger charge is 2.34. The minimum Gasteiger partial charge on any atom is -0.381 e. The molecule has 1 aromatic carbocycles. The van der Waals surface area contributed by atoms with Crippen molar-refractivity contribution in [3.63, 3.8) is 0 Å². The van der Waals surface area contributed by atoms with Gasteiger partial charge in [-0.2, -0.15) is 5.10 Å². The van der Waals surface area contributed by atoms with Gasteiger partial charge in [0.1, 0.15) is 0 Å². The predicted octanol–water partition coefficient (Wildman–Crippen LogP) is 2.79. The Morgan fingerprint density at radius 1 is 0.957 bits per heavy atom. The van der Waals surface area contributed by atoms with Gasteiger partial charge in [0, 0.05) is 44.6 Å². The zero-order valence-corrected chi connectivity index (χ0v) is 13.6. The molecule has 23 heavy (non-hydrogen) atoms. The second kappa shape index (κ2) is 6.85. The Bertz CT molecular complexity index is 613. The summed E-state index contributed by atoms with van der Waals surface area (Å²) >= 11 is 0. The van der Waals surface area contributed by atoms with Crippen molar-refractivity contribution in [1.29, 1.82) is 0 Å². The van der Waals surface area contributed by atoms with E-state index in [4.69, 9.17) is 4.74 Å². The summed E-state index contributed by atoms with van der Waals surface area (Å²) in [5.41, 5.74) is 2.62. The Balaban J connectivity index is 1.26. The van der Waals surface area contributed by atoms with Crippen LogP contribution in [-0.2, 0) is 17.8 Å². The van der Waals surface area contributed by atoms with Crippen molar-refractivity contribution in [2.75, 3.05) is 26.3 Å². The van der Waals surface area contributed by atoms with Crippen LogP contribution in [0.4, 0.5) is 0 Å². The van der Waals surface area contributed by atoms with Crippen LogP contribution in [0.1, 0.15) is 24.0 Å². The molecule has 0 atom stereocenters. The Labute approximate surface area is 138 Å². The van der Waals surface area contributed by atoms with Gasteiger partial charge in [0.25, 0.3) is 0 Å². The molecule has 0 aliphatic carbocycles. The highest BCUT2D eigenvalue weighted by molar-refractivity contribution is 5.15. The molecule has 2 saturated heterocycles. The molecule has 3 heterocycles. The Hall–Kier alpha value is -1.65. The summed E-state index contributed by atoms with van der Waals surface area (Å²) in [5.74, 6) is 1.78. The van der Waals surface area contributed by atoms with Gasteiger partial charge < -0.3 is 4.74 Å². The number of hydrogen-bond donors (Lipinski definition) is 0. The number of rotatable bonds is 5. The van der Waals surface area contributed by atoms with Gasteiger partial charge in [-0.3, -0.25) is 9.58 Å². The smallest absolute Gasteiger partial charge is 0.0659 e. The lowest BCUT2D eigenvalue weighted by molar-refractivity contribution is -0.0104. The Kier molecular flexibility index (Phi) is 4.44. The quantitative estimate of drug-likeness (QED) is 0.850. The zero-order valence-electron chi connectivity index (χ0n) is 13.6. The van der Waals surface area contributed by atoms with Crippen molar-refractivity contribution >= 4 is 0 Å². The van der Waals surface area contributed by atoms with Gasteiger partial charge in [0.15, 0.2) is 0 Å². The number of hydrogen-bond acceptors (Lipinski definition) is 3. The third-order valence-corrected chi connectivity index (χ3v) is 5.20. The lowest BCUT2D eigenvalue weighted by atomic mass is 9.81. The van der Waals surface area contributed by atoms with Crippen LogP contribution in [0.3, 0.4) is 0 Å². The molecule has 2 aliphatic rings. The first-order valence-electron chi connectivity index (χ1n) is 8.72. The second-order valence-corrected chi connectivity index (χ2v) is 6.94. The van der Waals surface area contributed by atoms with Crippen LogP contribution < -0.4 is 0 Å². The van der Waals surface area contributed by atoms with Crippen LogP contribution >= 0.6 is 0 Å². The number of likely N-dealkylation sites (tertiary alicyclic amines) is 1. The molecule has 0 saturated carbocycles. The van der Waals surface area contributed by atoms with Crippen LogP contribution in [0.25, 0.3) is 0 Å². The average molecular weight is 311 g/mol. The molecular formula is C19H25N3O. The monoisotopic (exact) mass is 311 g/mol. The molecule has 0 amide bonds. The maximum Gasteiger partial charge on any atom is 0.0659 e. The van der Waals surface area contributed by atoms with E-state index >= 15 is 0 Å². The average Bonchev–Trinajstić information content (AvgIpc) is 2.99. The van der Waals surface area contributed by atoms with Crippen LogP contribution in [-0.4, -0.2) is 41.0 Å². The first kappa shape index (κ1) is 14.9. The fourth-order valence-corrected chi connectivity index (χ4v) is 3.83. The van der Waals surface area contributed by atoms with Crippen molar-refractivity contribution in [2.24, 2.45) is 11.8 Å². The molecule has 4 heteroatoms. The summed E-state index contributed by atoms with van der Waals surface area (Å²) in [7, 11) is 0. The molecule has 2 aliphatic heterocycles. The third kappa shape index (κ3) is 3.65. The van der Waals surface area contributed by atoms with E-state index in [1.54, 1.807) is 0 Å². The molecule has 0 N–H and O–H groups in total. The van der Waals surface area contributed by atoms with Gasteiger partial charge in [0.05, 0.1) is 12.7 Å². The van der Waals surface area contributed by atoms with E-state index in [0.29, 0.717) is 0 Å². The summed E-state index contributed by atoms with van der Waals surface area (Å²) < 4.78 is 7.51. The third-order valence-electron chi connectivity index (χ3n) is 5.20. The molecule has 0 spiro atoms. The van der Waals surface area contributed by atoms with Gasteiger partial charge in [0.2, 0.25) is 0 Å². The summed E-state index contributed by atoms with van der Waals surface area (Å²) in [4.78, 5) is 2.55. The normalized spacial score (nSPS) is 20.5. The Morgan fingerprint density at radius 3 is 2.52 bits per heavy atom. The lowest BCUT2D eigenvalue weighted by Gasteiger charge is -2.44. The van der Waals surface area contributed by atoms with Gasteiger partial charge in [-0.25, -0.2) is 0 Å². The van der Waals surface area contributed by atoms with Crippen molar-refractivity contribution in [3.05, 3.63) is 53.9 Å². The summed E-state index contributed by atoms with van der Waals surface area (Å²) in [6, 6.07) is 10.5. The number of ether oxygens (including phenoxy) is 1. The number of benzene rings is 1. The van der Waals surface area contributed by atoms with Gasteiger partial charge in [-0.15, -0.1) is 0 Å². The molecule has 2 fully saturated rings. The maximum absolute atomic E-state index is 5.47. The van der Waals surface area contributed by atoms with Crippen molar-refractivity contribution in [3.8, 4) is 0 Å². The predicted molar refractivity (Wildman–Crippen MR) is 90.1 cm³/mol. The molecule has 4 rings (SSSR count). The van der Waals surface area contributed by atoms with Crippen LogP contribution in [0.15, 0.2) is 42.7 Å². The molecule has 1 aromatic heterocycles. The minimum atomic E-state index is 0.853. The first-order chi connectivity index (χ1) is 11.4. The van der Waals surface area contributed by atoms with E-state index in [-0.39, 0.29) is 0 Å². The zero-order chi connectivity index (χ0) is 15.5. The van der Waals surface area contributed by atoms with E-state index in [1.807, 2.05) is 10.9 Å². The van der Waals surface area contributed by atoms with E-state index in [1.165, 1.54) is 37.1 Å². The fourth-order valence-electron chi connectivity index (χ4n) is 3.83. The van der Waals surface area contributed by atoms with E-state index in [0.717, 1.165) is 38.1 Å². The van der Waals surface area contributed by atoms with E-state index in [2.05, 4.69) is 46.5 Å². The van der Waals surface area contributed by atoms with Gasteiger partial charge in [-0.05, 0) is 30.2 Å². The molecular weight excluding hydrogens is 286 g/mol. The molecule has 4 nitrogen and oxygen atoms in total. The maximum atomic E-state index is 5.47. The molecule has 2 aromatic rings. The summed E-state index contributed by atoms with van der Waals surface area (Å²) in [6.45, 7) is 6.31. The molecule has 0 unspecified atom stereocenters. The first-order valence-corrected chi connectivity index (χ1v) is 8.72. The number of nitrogens with zero attached hydrogens (tertiary/aromatic N) is 3. The van der Waals surface area contributed by atoms with Gasteiger partial charge in [-0.1, -0.05) is 30.3 Å². The van der Waals surface area contributed by atoms with Crippen LogP contribution in [0.5, 0.6) is 0 Å². The summed E-state index contributed by atoms with van der Waals surface area (Å²) in [5, 5.41) is 4.51. The Morgan fingerprint density at radius 2 is 1.74 bits per heavy atom. The van der Waals surface area contributed by atoms with Crippen molar-refractivity contribution in [2.45, 2.75) is 25.9 Å². The molecule has 122 valence electrons. The fraction of sp³-hybridized carbons (Fsp3) is 0.526. The molecule has 0 bridgehead atoms. The largest absolute Gasteiger partial charge is 0.381 e. The summed E-state index contributed by atoms with van der Waals surface area (Å²) in [6.07, 6.45) is 6.72.